The van der Waals surface area contributed by atoms with E-state index in [-0.39, 0.29) is 16.8 Å². The van der Waals surface area contributed by atoms with Crippen LogP contribution in [0.1, 0.15) is 107 Å². The van der Waals surface area contributed by atoms with Crippen molar-refractivity contribution < 1.29 is 32.6 Å². The molecule has 0 saturated heterocycles. The van der Waals surface area contributed by atoms with Crippen LogP contribution in [0.5, 0.6) is 5.75 Å². The van der Waals surface area contributed by atoms with Gasteiger partial charge >= 0.3 is 11.9 Å². The Morgan fingerprint density at radius 1 is 0.805 bits per heavy atom. The molecule has 7 heteroatoms. The van der Waals surface area contributed by atoms with Gasteiger partial charge in [0.1, 0.15) is 5.75 Å². The Morgan fingerprint density at radius 3 is 1.88 bits per heavy atom. The Morgan fingerprint density at radius 2 is 1.37 bits per heavy atom. The number of halogens is 2. The minimum absolute atomic E-state index is 0.0159. The van der Waals surface area contributed by atoms with Crippen molar-refractivity contribution >= 4 is 18.0 Å². The molecule has 1 unspecified atom stereocenters. The van der Waals surface area contributed by atoms with Gasteiger partial charge in [-0.05, 0) is 85.5 Å². The highest BCUT2D eigenvalue weighted by Gasteiger charge is 2.52. The van der Waals surface area contributed by atoms with Gasteiger partial charge in [-0.1, -0.05) is 67.5 Å². The average molecular weight is 581 g/mol. The molecule has 0 bridgehead atoms. The minimum Gasteiger partial charge on any atom is -0.494 e. The third-order valence-electron chi connectivity index (χ3n) is 8.99. The zero-order valence-corrected chi connectivity index (χ0v) is 27.1. The number of alkyl halides is 2. The summed E-state index contributed by atoms with van der Waals surface area (Å²) in [7, 11) is 0. The highest BCUT2D eigenvalue weighted by atomic mass is 19.3. The molecule has 41 heavy (non-hydrogen) atoms. The van der Waals surface area contributed by atoms with E-state index < -0.39 is 23.9 Å². The van der Waals surface area contributed by atoms with Crippen molar-refractivity contribution in [1.29, 1.82) is 0 Å². The van der Waals surface area contributed by atoms with E-state index in [1.807, 2.05) is 0 Å². The van der Waals surface area contributed by atoms with Crippen molar-refractivity contribution in [3.63, 3.8) is 0 Å². The zero-order valence-electron chi connectivity index (χ0n) is 27.1. The van der Waals surface area contributed by atoms with Gasteiger partial charge < -0.3 is 14.2 Å². The molecule has 234 valence electrons. The van der Waals surface area contributed by atoms with E-state index in [1.54, 1.807) is 24.3 Å². The summed E-state index contributed by atoms with van der Waals surface area (Å²) in [5.41, 5.74) is -0.0392. The van der Waals surface area contributed by atoms with Crippen LogP contribution in [0.25, 0.3) is 6.08 Å². The SMILES string of the molecule is CC(C)C(C)(C)CC(C)(C(=O)OCCCCCCOc1ccc(/C=C/C(=O)OCC(C)(F)F)cc1)C(C)(C)C(C)C. The van der Waals surface area contributed by atoms with Gasteiger partial charge in [-0.25, -0.2) is 13.6 Å². The second-order valence-corrected chi connectivity index (χ2v) is 13.5. The third-order valence-corrected chi connectivity index (χ3v) is 8.99. The second kappa shape index (κ2) is 15.7. The van der Waals surface area contributed by atoms with Crippen LogP contribution in [0.4, 0.5) is 8.78 Å². The van der Waals surface area contributed by atoms with E-state index in [0.29, 0.717) is 37.7 Å². The van der Waals surface area contributed by atoms with Gasteiger partial charge in [0.2, 0.25) is 0 Å². The quantitative estimate of drug-likeness (QED) is 0.0984. The first-order chi connectivity index (χ1) is 18.8. The molecule has 0 aliphatic rings. The Kier molecular flexibility index (Phi) is 14.0. The molecule has 0 aliphatic carbocycles. The maximum atomic E-state index is 13.5. The molecule has 1 atom stereocenters. The molecule has 0 heterocycles. The topological polar surface area (TPSA) is 61.8 Å². The lowest BCUT2D eigenvalue weighted by Crippen LogP contribution is -2.49. The van der Waals surface area contributed by atoms with Crippen LogP contribution in [-0.4, -0.2) is 37.7 Å². The van der Waals surface area contributed by atoms with E-state index in [4.69, 9.17) is 9.47 Å². The van der Waals surface area contributed by atoms with Crippen molar-refractivity contribution in [2.24, 2.45) is 28.1 Å². The number of ether oxygens (including phenoxy) is 3. The predicted molar refractivity (Wildman–Crippen MR) is 162 cm³/mol. The van der Waals surface area contributed by atoms with Gasteiger partial charge in [0, 0.05) is 13.0 Å². The van der Waals surface area contributed by atoms with Gasteiger partial charge in [-0.15, -0.1) is 0 Å². The largest absolute Gasteiger partial charge is 0.494 e. The molecule has 0 aromatic heterocycles. The Labute approximate surface area is 247 Å². The number of hydrogen-bond donors (Lipinski definition) is 0. The Hall–Kier alpha value is -2.44. The molecule has 1 aromatic carbocycles. The fourth-order valence-corrected chi connectivity index (χ4v) is 4.47. The van der Waals surface area contributed by atoms with Crippen molar-refractivity contribution in [3.8, 4) is 5.75 Å². The molecule has 0 spiro atoms. The van der Waals surface area contributed by atoms with E-state index >= 15 is 0 Å². The highest BCUT2D eigenvalue weighted by molar-refractivity contribution is 5.87. The first kappa shape index (κ1) is 36.6. The van der Waals surface area contributed by atoms with Gasteiger partial charge in [-0.3, -0.25) is 4.79 Å². The van der Waals surface area contributed by atoms with Gasteiger partial charge in [-0.2, -0.15) is 0 Å². The summed E-state index contributed by atoms with van der Waals surface area (Å²) in [4.78, 5) is 25.0. The van der Waals surface area contributed by atoms with Crippen molar-refractivity contribution in [2.45, 2.75) is 107 Å². The summed E-state index contributed by atoms with van der Waals surface area (Å²) in [5.74, 6) is -2.46. The molecular weight excluding hydrogens is 526 g/mol. The maximum absolute atomic E-state index is 13.5. The highest BCUT2D eigenvalue weighted by Crippen LogP contribution is 2.53. The minimum atomic E-state index is -3.05. The summed E-state index contributed by atoms with van der Waals surface area (Å²) in [6.07, 6.45) is 7.01. The van der Waals surface area contributed by atoms with Crippen LogP contribution >= 0.6 is 0 Å². The van der Waals surface area contributed by atoms with Crippen LogP contribution < -0.4 is 4.74 Å². The lowest BCUT2D eigenvalue weighted by molar-refractivity contribution is -0.169. The number of rotatable bonds is 18. The average Bonchev–Trinajstić information content (AvgIpc) is 2.87. The lowest BCUT2D eigenvalue weighted by Gasteiger charge is -2.49. The first-order valence-electron chi connectivity index (χ1n) is 14.9. The van der Waals surface area contributed by atoms with Gasteiger partial charge in [0.25, 0.3) is 5.92 Å². The standard InChI is InChI=1S/C34H54F2O5/c1-25(2)31(5,6)23-33(9,32(7,8)26(3)4)30(38)40-22-14-12-11-13-21-39-28-18-15-27(16-19-28)17-20-29(37)41-24-34(10,35)36/h15-20,25-26H,11-14,21-24H2,1-10H3/b20-17+. The molecule has 0 aliphatic heterocycles. The zero-order chi connectivity index (χ0) is 31.5. The molecule has 0 saturated carbocycles. The molecule has 5 nitrogen and oxygen atoms in total. The van der Waals surface area contributed by atoms with Crippen LogP contribution in [0.2, 0.25) is 0 Å². The van der Waals surface area contributed by atoms with Crippen LogP contribution in [0, 0.1) is 28.1 Å². The molecule has 1 rings (SSSR count). The molecule has 1 aromatic rings. The fraction of sp³-hybridized carbons (Fsp3) is 0.706. The Bertz CT molecular complexity index is 974. The summed E-state index contributed by atoms with van der Waals surface area (Å²) >= 11 is 0. The van der Waals surface area contributed by atoms with Crippen LogP contribution in [-0.2, 0) is 19.1 Å². The smallest absolute Gasteiger partial charge is 0.330 e. The molecule has 0 fully saturated rings. The normalized spacial score (nSPS) is 14.4. The van der Waals surface area contributed by atoms with Crippen molar-refractivity contribution in [3.05, 3.63) is 35.9 Å². The number of carbonyl (C=O) groups excluding carboxylic acids is 2. The maximum Gasteiger partial charge on any atom is 0.330 e. The van der Waals surface area contributed by atoms with Crippen molar-refractivity contribution in [1.82, 2.24) is 0 Å². The van der Waals surface area contributed by atoms with E-state index in [2.05, 4.69) is 67.1 Å². The molecule has 0 amide bonds. The fourth-order valence-electron chi connectivity index (χ4n) is 4.47. The van der Waals surface area contributed by atoms with Crippen LogP contribution in [0.15, 0.2) is 30.3 Å². The van der Waals surface area contributed by atoms with E-state index in [1.165, 1.54) is 6.08 Å². The second-order valence-electron chi connectivity index (χ2n) is 13.5. The summed E-state index contributed by atoms with van der Waals surface area (Å²) in [6.45, 7) is 20.5. The summed E-state index contributed by atoms with van der Waals surface area (Å²) in [5, 5.41) is 0. The van der Waals surface area contributed by atoms with Crippen LogP contribution in [0.3, 0.4) is 0 Å². The van der Waals surface area contributed by atoms with E-state index in [9.17, 15) is 18.4 Å². The van der Waals surface area contributed by atoms with Crippen molar-refractivity contribution in [2.75, 3.05) is 19.8 Å². The van der Waals surface area contributed by atoms with Gasteiger partial charge in [0.05, 0.1) is 18.6 Å². The molecular formula is C34H54F2O5. The third kappa shape index (κ3) is 12.1. The Balaban J connectivity index is 2.43. The number of unbranched alkanes of at least 4 members (excludes halogenated alkanes) is 3. The summed E-state index contributed by atoms with van der Waals surface area (Å²) in [6, 6.07) is 7.14. The van der Waals surface area contributed by atoms with E-state index in [0.717, 1.165) is 43.7 Å². The summed E-state index contributed by atoms with van der Waals surface area (Å²) < 4.78 is 41.7. The monoisotopic (exact) mass is 580 g/mol. The molecule has 0 N–H and O–H groups in total. The number of hydrogen-bond acceptors (Lipinski definition) is 5. The number of esters is 2. The number of benzene rings is 1. The number of carbonyl (C=O) groups is 2. The predicted octanol–water partition coefficient (Wildman–Crippen LogP) is 9.14. The molecule has 0 radical (unpaired) electrons. The van der Waals surface area contributed by atoms with Gasteiger partial charge in [0.15, 0.2) is 6.61 Å². The first-order valence-corrected chi connectivity index (χ1v) is 14.9. The lowest BCUT2D eigenvalue weighted by atomic mass is 9.55.